The van der Waals surface area contributed by atoms with Gasteiger partial charge in [0.15, 0.2) is 5.54 Å². The molecule has 0 aromatic heterocycles. The van der Waals surface area contributed by atoms with Gasteiger partial charge in [0.1, 0.15) is 0 Å². The summed E-state index contributed by atoms with van der Waals surface area (Å²) < 4.78 is 5.65. The Hall–Kier alpha value is -1.92. The molecule has 6 nitrogen and oxygen atoms in total. The molecule has 3 fully saturated rings. The first-order valence-corrected chi connectivity index (χ1v) is 12.3. The van der Waals surface area contributed by atoms with Gasteiger partial charge in [-0.1, -0.05) is 31.0 Å². The second-order valence-corrected chi connectivity index (χ2v) is 10.8. The van der Waals surface area contributed by atoms with Crippen molar-refractivity contribution in [2.75, 3.05) is 34.3 Å². The van der Waals surface area contributed by atoms with Crippen molar-refractivity contribution in [1.29, 1.82) is 0 Å². The number of amides is 3. The van der Waals surface area contributed by atoms with Crippen LogP contribution in [0.4, 0.5) is 4.79 Å². The van der Waals surface area contributed by atoms with Crippen molar-refractivity contribution >= 4 is 11.9 Å². The van der Waals surface area contributed by atoms with Crippen LogP contribution >= 0.6 is 0 Å². The van der Waals surface area contributed by atoms with Crippen molar-refractivity contribution < 1.29 is 14.3 Å². The van der Waals surface area contributed by atoms with E-state index < -0.39 is 5.54 Å². The fourth-order valence-corrected chi connectivity index (χ4v) is 6.39. The quantitative estimate of drug-likeness (QED) is 0.661. The molecule has 2 spiro atoms. The van der Waals surface area contributed by atoms with Crippen LogP contribution in [-0.2, 0) is 27.9 Å². The molecule has 5 rings (SSSR count). The molecular weight excluding hydrogens is 402 g/mol. The Labute approximate surface area is 191 Å². The number of fused-ring (bicyclic) bond motifs is 3. The van der Waals surface area contributed by atoms with Gasteiger partial charge in [0.2, 0.25) is 0 Å². The number of nitrogens with one attached hydrogen (secondary N) is 1. The smallest absolute Gasteiger partial charge is 0.325 e. The summed E-state index contributed by atoms with van der Waals surface area (Å²) in [6, 6.07) is 6.50. The van der Waals surface area contributed by atoms with Crippen molar-refractivity contribution in [2.45, 2.75) is 69.4 Å². The minimum atomic E-state index is -0.931. The van der Waals surface area contributed by atoms with Crippen LogP contribution in [-0.4, -0.2) is 62.1 Å². The van der Waals surface area contributed by atoms with Crippen molar-refractivity contribution in [1.82, 2.24) is 15.1 Å². The van der Waals surface area contributed by atoms with Gasteiger partial charge in [0.05, 0.1) is 6.10 Å². The fourth-order valence-electron chi connectivity index (χ4n) is 6.39. The molecule has 1 unspecified atom stereocenters. The topological polar surface area (TPSA) is 61.9 Å². The molecule has 1 aromatic carbocycles. The number of carbonyl (C=O) groups excluding carboxylic acids is 2. The van der Waals surface area contributed by atoms with Crippen molar-refractivity contribution in [3.8, 4) is 0 Å². The highest BCUT2D eigenvalue weighted by molar-refractivity contribution is 6.08. The summed E-state index contributed by atoms with van der Waals surface area (Å²) >= 11 is 0. The van der Waals surface area contributed by atoms with E-state index in [1.165, 1.54) is 35.3 Å². The molecule has 1 aliphatic heterocycles. The number of likely N-dealkylation sites (N-methyl/N-ethyl adjacent to an activating group) is 1. The predicted octanol–water partition coefficient (Wildman–Crippen LogP) is 3.47. The van der Waals surface area contributed by atoms with Crippen LogP contribution in [0.3, 0.4) is 0 Å². The Balaban J connectivity index is 1.53. The summed E-state index contributed by atoms with van der Waals surface area (Å²) in [4.78, 5) is 30.8. The van der Waals surface area contributed by atoms with Crippen molar-refractivity contribution in [3.05, 3.63) is 34.9 Å². The zero-order valence-electron chi connectivity index (χ0n) is 19.8. The third-order valence-corrected chi connectivity index (χ3v) is 8.54. The number of methoxy groups -OCH3 is 1. The molecule has 4 aliphatic rings. The summed E-state index contributed by atoms with van der Waals surface area (Å²) in [5, 5.41) is 3.28. The molecule has 1 aromatic rings. The van der Waals surface area contributed by atoms with Gasteiger partial charge in [-0.3, -0.25) is 9.69 Å². The van der Waals surface area contributed by atoms with Gasteiger partial charge >= 0.3 is 6.03 Å². The Bertz CT molecular complexity index is 902. The van der Waals surface area contributed by atoms with Gasteiger partial charge < -0.3 is 15.0 Å². The van der Waals surface area contributed by atoms with Crippen LogP contribution in [0, 0.1) is 11.3 Å². The van der Waals surface area contributed by atoms with E-state index in [9.17, 15) is 9.59 Å². The van der Waals surface area contributed by atoms with Crippen LogP contribution in [0.5, 0.6) is 0 Å². The second kappa shape index (κ2) is 8.14. The SMILES string of the molecule is COC1CCC2(CC1)Cc1ccc(CCC3CC3)cc1C21NC(=O)N(CCN(C)C)C1=O. The van der Waals surface area contributed by atoms with Crippen molar-refractivity contribution in [3.63, 3.8) is 0 Å². The molecular formula is C26H37N3O3. The maximum Gasteiger partial charge on any atom is 0.325 e. The van der Waals surface area contributed by atoms with E-state index in [1.807, 2.05) is 19.0 Å². The maximum absolute atomic E-state index is 14.1. The zero-order chi connectivity index (χ0) is 22.5. The Morgan fingerprint density at radius 2 is 1.91 bits per heavy atom. The monoisotopic (exact) mass is 439 g/mol. The van der Waals surface area contributed by atoms with Crippen LogP contribution in [0.2, 0.25) is 0 Å². The van der Waals surface area contributed by atoms with E-state index in [1.54, 1.807) is 7.11 Å². The van der Waals surface area contributed by atoms with E-state index >= 15 is 0 Å². The van der Waals surface area contributed by atoms with Gasteiger partial charge in [0.25, 0.3) is 5.91 Å². The summed E-state index contributed by atoms with van der Waals surface area (Å²) in [5.41, 5.74) is 2.40. The number of urea groups is 1. The molecule has 2 saturated carbocycles. The first-order chi connectivity index (χ1) is 15.4. The van der Waals surface area contributed by atoms with Gasteiger partial charge in [0, 0.05) is 25.6 Å². The van der Waals surface area contributed by atoms with Crippen LogP contribution < -0.4 is 5.32 Å². The van der Waals surface area contributed by atoms with Crippen molar-refractivity contribution in [2.24, 2.45) is 11.3 Å². The number of nitrogens with zero attached hydrogens (tertiary/aromatic N) is 2. The largest absolute Gasteiger partial charge is 0.381 e. The molecule has 1 N–H and O–H groups in total. The molecule has 0 radical (unpaired) electrons. The number of aryl methyl sites for hydroxylation is 1. The first kappa shape index (κ1) is 21.9. The van der Waals surface area contributed by atoms with Gasteiger partial charge in [-0.25, -0.2) is 4.79 Å². The minimum absolute atomic E-state index is 0.0432. The minimum Gasteiger partial charge on any atom is -0.381 e. The molecule has 1 saturated heterocycles. The summed E-state index contributed by atoms with van der Waals surface area (Å²) in [7, 11) is 5.72. The molecule has 174 valence electrons. The third-order valence-electron chi connectivity index (χ3n) is 8.54. The lowest BCUT2D eigenvalue weighted by molar-refractivity contribution is -0.138. The number of benzene rings is 1. The molecule has 1 atom stereocenters. The Kier molecular flexibility index (Phi) is 5.57. The van der Waals surface area contributed by atoms with Crippen LogP contribution in [0.25, 0.3) is 0 Å². The summed E-state index contributed by atoms with van der Waals surface area (Å²) in [5.74, 6) is 0.834. The summed E-state index contributed by atoms with van der Waals surface area (Å²) in [6.07, 6.45) is 9.74. The van der Waals surface area contributed by atoms with E-state index in [0.717, 1.165) is 50.0 Å². The zero-order valence-corrected chi connectivity index (χ0v) is 19.8. The van der Waals surface area contributed by atoms with Crippen LogP contribution in [0.15, 0.2) is 18.2 Å². The normalized spacial score (nSPS) is 31.8. The summed E-state index contributed by atoms with van der Waals surface area (Å²) in [6.45, 7) is 1.09. The number of ether oxygens (including phenoxy) is 1. The Morgan fingerprint density at radius 1 is 1.16 bits per heavy atom. The molecule has 6 heteroatoms. The molecule has 3 amide bonds. The number of carbonyl (C=O) groups is 2. The fraction of sp³-hybridized carbons (Fsp3) is 0.692. The van der Waals surface area contributed by atoms with E-state index in [2.05, 4.69) is 23.5 Å². The second-order valence-electron chi connectivity index (χ2n) is 10.8. The maximum atomic E-state index is 14.1. The highest BCUT2D eigenvalue weighted by Gasteiger charge is 2.68. The average Bonchev–Trinajstić information content (AvgIpc) is 3.52. The van der Waals surface area contributed by atoms with Gasteiger partial charge in [-0.15, -0.1) is 0 Å². The standard InChI is InChI=1S/C26H37N3O3/c1-28(2)14-15-29-23(30)26(27-24(29)31)22-16-19(7-6-18-4-5-18)8-9-20(22)17-25(26)12-10-21(32-3)11-13-25/h8-9,16,18,21H,4-7,10-15,17H2,1-3H3,(H,27,31). The number of hydrogen-bond donors (Lipinski definition) is 1. The molecule has 3 aliphatic carbocycles. The van der Waals surface area contributed by atoms with Crippen LogP contribution in [0.1, 0.15) is 61.6 Å². The predicted molar refractivity (Wildman–Crippen MR) is 123 cm³/mol. The first-order valence-electron chi connectivity index (χ1n) is 12.3. The molecule has 0 bridgehead atoms. The number of imide groups is 1. The highest BCUT2D eigenvalue weighted by Crippen LogP contribution is 2.60. The van der Waals surface area contributed by atoms with E-state index in [4.69, 9.17) is 4.74 Å². The van der Waals surface area contributed by atoms with Gasteiger partial charge in [-0.05, 0) is 81.6 Å². The lowest BCUT2D eigenvalue weighted by Gasteiger charge is -2.46. The highest BCUT2D eigenvalue weighted by atomic mass is 16.5. The van der Waals surface area contributed by atoms with E-state index in [-0.39, 0.29) is 23.5 Å². The Morgan fingerprint density at radius 3 is 2.56 bits per heavy atom. The number of rotatable bonds is 7. The van der Waals surface area contributed by atoms with Gasteiger partial charge in [-0.2, -0.15) is 0 Å². The lowest BCUT2D eigenvalue weighted by atomic mass is 9.61. The average molecular weight is 440 g/mol. The molecule has 32 heavy (non-hydrogen) atoms. The number of hydrogen-bond acceptors (Lipinski definition) is 4. The lowest BCUT2D eigenvalue weighted by Crippen LogP contribution is -2.57. The van der Waals surface area contributed by atoms with E-state index in [0.29, 0.717) is 13.1 Å². The molecule has 1 heterocycles. The third kappa shape index (κ3) is 3.47.